The van der Waals surface area contributed by atoms with Crippen molar-refractivity contribution in [2.75, 3.05) is 0 Å². The minimum Gasteiger partial charge on any atom is -0.423 e. The fourth-order valence-electron chi connectivity index (χ4n) is 3.15. The molecule has 0 saturated heterocycles. The molecule has 3 aromatic carbocycles. The number of aromatic nitrogens is 1. The van der Waals surface area contributed by atoms with E-state index in [0.717, 1.165) is 21.2 Å². The van der Waals surface area contributed by atoms with Gasteiger partial charge in [0.25, 0.3) is 0 Å². The lowest BCUT2D eigenvalue weighted by molar-refractivity contribution is 0.0735. The third-order valence-electron chi connectivity index (χ3n) is 4.73. The topological polar surface area (TPSA) is 69.4 Å². The molecule has 2 aromatic heterocycles. The van der Waals surface area contributed by atoms with Crippen LogP contribution in [0.5, 0.6) is 5.75 Å². The third kappa shape index (κ3) is 3.38. The highest BCUT2D eigenvalue weighted by atomic mass is 32.1. The highest BCUT2D eigenvalue weighted by molar-refractivity contribution is 7.21. The second kappa shape index (κ2) is 7.24. The monoisotopic (exact) mass is 413 g/mol. The number of rotatable bonds is 3. The van der Waals surface area contributed by atoms with E-state index in [1.54, 1.807) is 36.4 Å². The standard InChI is InChI=1S/C24H15NO4S/c1-14-6-8-15(9-7-14)23(26)28-17-11-10-16-12-18(24(27)29-20(16)13-17)22-25-19-4-2-3-5-21(19)30-22/h2-13H,1H3. The van der Waals surface area contributed by atoms with Gasteiger partial charge in [0, 0.05) is 11.5 Å². The molecule has 0 fully saturated rings. The molecule has 0 aliphatic carbocycles. The Labute approximate surface area is 175 Å². The summed E-state index contributed by atoms with van der Waals surface area (Å²) < 4.78 is 11.9. The second-order valence-electron chi connectivity index (χ2n) is 6.89. The number of thiazole rings is 1. The molecule has 0 aliphatic rings. The van der Waals surface area contributed by atoms with Crippen molar-refractivity contribution in [3.05, 3.63) is 94.3 Å². The van der Waals surface area contributed by atoms with Crippen molar-refractivity contribution in [1.29, 1.82) is 0 Å². The molecular formula is C24H15NO4S. The van der Waals surface area contributed by atoms with E-state index in [1.807, 2.05) is 43.3 Å². The molecule has 146 valence electrons. The van der Waals surface area contributed by atoms with E-state index in [2.05, 4.69) is 4.98 Å². The Hall–Kier alpha value is -3.77. The van der Waals surface area contributed by atoms with Crippen LogP contribution in [0.3, 0.4) is 0 Å². The summed E-state index contributed by atoms with van der Waals surface area (Å²) in [6, 6.07) is 21.6. The molecule has 30 heavy (non-hydrogen) atoms. The zero-order valence-electron chi connectivity index (χ0n) is 15.9. The Morgan fingerprint density at radius 1 is 1.00 bits per heavy atom. The van der Waals surface area contributed by atoms with Gasteiger partial charge in [0.05, 0.1) is 21.3 Å². The van der Waals surface area contributed by atoms with Gasteiger partial charge in [-0.1, -0.05) is 29.8 Å². The molecule has 2 heterocycles. The van der Waals surface area contributed by atoms with E-state index in [-0.39, 0.29) is 0 Å². The Kier molecular flexibility index (Phi) is 4.41. The third-order valence-corrected chi connectivity index (χ3v) is 5.80. The highest BCUT2D eigenvalue weighted by Gasteiger charge is 2.14. The zero-order chi connectivity index (χ0) is 20.7. The molecule has 0 saturated carbocycles. The number of para-hydroxylation sites is 1. The minimum absolute atomic E-state index is 0.309. The molecule has 0 amide bonds. The van der Waals surface area contributed by atoms with Crippen LogP contribution >= 0.6 is 11.3 Å². The number of carbonyl (C=O) groups excluding carboxylic acids is 1. The molecule has 0 radical (unpaired) electrons. The summed E-state index contributed by atoms with van der Waals surface area (Å²) in [6.07, 6.45) is 0. The summed E-state index contributed by atoms with van der Waals surface area (Å²) in [7, 11) is 0. The molecule has 6 heteroatoms. The van der Waals surface area contributed by atoms with Crippen molar-refractivity contribution in [3.8, 4) is 16.3 Å². The minimum atomic E-state index is -0.483. The number of esters is 1. The maximum atomic E-state index is 12.6. The predicted octanol–water partition coefficient (Wildman–Crippen LogP) is 5.60. The van der Waals surface area contributed by atoms with Gasteiger partial charge in [-0.3, -0.25) is 0 Å². The lowest BCUT2D eigenvalue weighted by Crippen LogP contribution is -2.08. The van der Waals surface area contributed by atoms with E-state index in [9.17, 15) is 9.59 Å². The van der Waals surface area contributed by atoms with E-state index in [0.29, 0.717) is 27.5 Å². The smallest absolute Gasteiger partial charge is 0.346 e. The number of aryl methyl sites for hydroxylation is 1. The maximum Gasteiger partial charge on any atom is 0.346 e. The first-order valence-corrected chi connectivity index (χ1v) is 10.1. The molecule has 5 rings (SSSR count). The molecule has 0 spiro atoms. The molecule has 0 atom stereocenters. The number of benzene rings is 3. The average molecular weight is 413 g/mol. The van der Waals surface area contributed by atoms with Crippen LogP contribution in [0.2, 0.25) is 0 Å². The second-order valence-corrected chi connectivity index (χ2v) is 7.92. The molecule has 5 nitrogen and oxygen atoms in total. The normalized spacial score (nSPS) is 11.1. The lowest BCUT2D eigenvalue weighted by atomic mass is 10.1. The van der Waals surface area contributed by atoms with E-state index in [1.165, 1.54) is 11.3 Å². The Bertz CT molecular complexity index is 1430. The summed E-state index contributed by atoms with van der Waals surface area (Å²) in [5, 5.41) is 1.33. The van der Waals surface area contributed by atoms with Crippen LogP contribution < -0.4 is 10.4 Å². The fourth-order valence-corrected chi connectivity index (χ4v) is 4.12. The number of hydrogen-bond acceptors (Lipinski definition) is 6. The van der Waals surface area contributed by atoms with Gasteiger partial charge in [-0.2, -0.15) is 0 Å². The van der Waals surface area contributed by atoms with Crippen molar-refractivity contribution >= 4 is 38.5 Å². The number of ether oxygens (including phenoxy) is 1. The molecular weight excluding hydrogens is 398 g/mol. The largest absolute Gasteiger partial charge is 0.423 e. The summed E-state index contributed by atoms with van der Waals surface area (Å²) in [4.78, 5) is 29.5. The van der Waals surface area contributed by atoms with Gasteiger partial charge in [-0.05, 0) is 49.4 Å². The van der Waals surface area contributed by atoms with E-state index >= 15 is 0 Å². The Balaban J connectivity index is 1.48. The van der Waals surface area contributed by atoms with Gasteiger partial charge in [-0.15, -0.1) is 11.3 Å². The van der Waals surface area contributed by atoms with Gasteiger partial charge < -0.3 is 9.15 Å². The number of nitrogens with zero attached hydrogens (tertiary/aromatic N) is 1. The Morgan fingerprint density at radius 2 is 1.80 bits per heavy atom. The highest BCUT2D eigenvalue weighted by Crippen LogP contribution is 2.30. The first kappa shape index (κ1) is 18.3. The summed E-state index contributed by atoms with van der Waals surface area (Å²) in [6.45, 7) is 1.95. The zero-order valence-corrected chi connectivity index (χ0v) is 16.7. The quantitative estimate of drug-likeness (QED) is 0.219. The van der Waals surface area contributed by atoms with Crippen LogP contribution in [-0.2, 0) is 0 Å². The van der Waals surface area contributed by atoms with Gasteiger partial charge in [-0.25, -0.2) is 14.6 Å². The van der Waals surface area contributed by atoms with Crippen LogP contribution in [0.25, 0.3) is 31.8 Å². The van der Waals surface area contributed by atoms with Crippen molar-refractivity contribution in [2.24, 2.45) is 0 Å². The van der Waals surface area contributed by atoms with Gasteiger partial charge >= 0.3 is 11.6 Å². The van der Waals surface area contributed by atoms with E-state index in [4.69, 9.17) is 9.15 Å². The van der Waals surface area contributed by atoms with Crippen LogP contribution in [0.4, 0.5) is 0 Å². The maximum absolute atomic E-state index is 12.6. The fraction of sp³-hybridized carbons (Fsp3) is 0.0417. The Morgan fingerprint density at radius 3 is 2.60 bits per heavy atom. The first-order valence-electron chi connectivity index (χ1n) is 9.29. The summed E-state index contributed by atoms with van der Waals surface area (Å²) >= 11 is 1.44. The van der Waals surface area contributed by atoms with Crippen molar-refractivity contribution in [1.82, 2.24) is 4.98 Å². The van der Waals surface area contributed by atoms with Gasteiger partial charge in [0.2, 0.25) is 0 Å². The summed E-state index contributed by atoms with van der Waals surface area (Å²) in [5.41, 5.74) is 2.63. The van der Waals surface area contributed by atoms with Gasteiger partial charge in [0.15, 0.2) is 0 Å². The number of carbonyl (C=O) groups is 1. The van der Waals surface area contributed by atoms with Crippen LogP contribution in [-0.4, -0.2) is 11.0 Å². The van der Waals surface area contributed by atoms with Crippen LogP contribution in [0.1, 0.15) is 15.9 Å². The summed E-state index contributed by atoms with van der Waals surface area (Å²) in [5.74, 6) is -0.160. The lowest BCUT2D eigenvalue weighted by Gasteiger charge is -2.06. The average Bonchev–Trinajstić information content (AvgIpc) is 3.17. The molecule has 5 aromatic rings. The number of fused-ring (bicyclic) bond motifs is 2. The predicted molar refractivity (Wildman–Crippen MR) is 117 cm³/mol. The first-order chi connectivity index (χ1) is 14.6. The van der Waals surface area contributed by atoms with Crippen LogP contribution in [0, 0.1) is 6.92 Å². The van der Waals surface area contributed by atoms with Crippen molar-refractivity contribution < 1.29 is 13.9 Å². The van der Waals surface area contributed by atoms with Crippen LogP contribution in [0.15, 0.2) is 82.0 Å². The van der Waals surface area contributed by atoms with Crippen molar-refractivity contribution in [3.63, 3.8) is 0 Å². The molecule has 0 bridgehead atoms. The molecule has 0 unspecified atom stereocenters. The SMILES string of the molecule is Cc1ccc(C(=O)Oc2ccc3cc(-c4nc5ccccc5s4)c(=O)oc3c2)cc1. The number of hydrogen-bond donors (Lipinski definition) is 0. The molecule has 0 N–H and O–H groups in total. The van der Waals surface area contributed by atoms with E-state index < -0.39 is 11.6 Å². The van der Waals surface area contributed by atoms with Crippen molar-refractivity contribution in [2.45, 2.75) is 6.92 Å². The van der Waals surface area contributed by atoms with Gasteiger partial charge in [0.1, 0.15) is 16.3 Å². The molecule has 0 aliphatic heterocycles.